The van der Waals surface area contributed by atoms with E-state index in [9.17, 15) is 10.2 Å². The van der Waals surface area contributed by atoms with Crippen molar-refractivity contribution < 1.29 is 32.0 Å². The third-order valence-corrected chi connectivity index (χ3v) is 1.95. The molecule has 0 bridgehead atoms. The molecule has 1 aromatic carbocycles. The van der Waals surface area contributed by atoms with E-state index < -0.39 is 37.3 Å². The molecule has 0 aliphatic carbocycles. The number of aliphatic hydroxyl groups is 2. The average molecular weight is 249 g/mol. The summed E-state index contributed by atoms with van der Waals surface area (Å²) in [5.74, 6) is 0.152. The van der Waals surface area contributed by atoms with Gasteiger partial charge in [-0.05, 0) is 30.9 Å². The number of hydrogen-bond donors (Lipinski definition) is 2. The maximum absolute atomic E-state index is 10.7. The third kappa shape index (κ3) is 3.91. The Morgan fingerprint density at radius 2 is 2.06 bits per heavy atom. The molecule has 96 valence electrons. The molecule has 0 amide bonds. The van der Waals surface area contributed by atoms with Crippen molar-refractivity contribution >= 4 is 0 Å². The highest BCUT2D eigenvalue weighted by atomic mass is 16.5. The minimum absolute atomic E-state index is 0.0191. The zero-order valence-electron chi connectivity index (χ0n) is 18.4. The summed E-state index contributed by atoms with van der Waals surface area (Å²) < 4.78 is 78.5. The number of methoxy groups -OCH3 is 2. The lowest BCUT2D eigenvalue weighted by Crippen LogP contribution is -2.28. The zero-order chi connectivity index (χ0) is 20.8. The monoisotopic (exact) mass is 249 g/mol. The SMILES string of the molecule is [2H]C([2H])([2H])C(O)(C([2H])([2H])c1ccc(OC)c(OC)c1)C([2H])([2H])C([2H])([2H])O. The van der Waals surface area contributed by atoms with E-state index in [1.54, 1.807) is 0 Å². The fourth-order valence-corrected chi connectivity index (χ4v) is 1.24. The fraction of sp³-hybridized carbons (Fsp3) is 0.538. The van der Waals surface area contributed by atoms with E-state index in [4.69, 9.17) is 21.8 Å². The number of rotatable bonds is 6. The molecule has 0 saturated carbocycles. The van der Waals surface area contributed by atoms with Crippen molar-refractivity contribution in [2.24, 2.45) is 0 Å². The Balaban J connectivity index is 3.77. The van der Waals surface area contributed by atoms with E-state index >= 15 is 0 Å². The lowest BCUT2D eigenvalue weighted by Gasteiger charge is -2.22. The van der Waals surface area contributed by atoms with Gasteiger partial charge in [0.05, 0.1) is 22.6 Å². The first-order chi connectivity index (χ1) is 11.5. The number of hydrogen-bond acceptors (Lipinski definition) is 4. The topological polar surface area (TPSA) is 58.9 Å². The first kappa shape index (κ1) is 5.59. The summed E-state index contributed by atoms with van der Waals surface area (Å²) in [5, 5.41) is 20.2. The van der Waals surface area contributed by atoms with Crippen LogP contribution in [0.4, 0.5) is 0 Å². The minimum Gasteiger partial charge on any atom is -0.493 e. The molecule has 4 heteroatoms. The Morgan fingerprint density at radius 1 is 1.35 bits per heavy atom. The van der Waals surface area contributed by atoms with E-state index in [0.717, 1.165) is 12.1 Å². The van der Waals surface area contributed by atoms with Crippen LogP contribution in [0, 0.1) is 0 Å². The van der Waals surface area contributed by atoms with Crippen molar-refractivity contribution in [3.8, 4) is 11.5 Å². The lowest BCUT2D eigenvalue weighted by molar-refractivity contribution is 0.0338. The van der Waals surface area contributed by atoms with Gasteiger partial charge in [0.25, 0.3) is 0 Å². The maximum Gasteiger partial charge on any atom is 0.160 e. The molecule has 17 heavy (non-hydrogen) atoms. The molecule has 1 rings (SSSR count). The Morgan fingerprint density at radius 3 is 2.59 bits per heavy atom. The molecule has 0 fully saturated rings. The molecule has 1 aromatic rings. The van der Waals surface area contributed by atoms with Gasteiger partial charge in [0.15, 0.2) is 11.5 Å². The molecule has 0 heterocycles. The van der Waals surface area contributed by atoms with Crippen LogP contribution in [0.2, 0.25) is 0 Å². The molecule has 2 N–H and O–H groups in total. The van der Waals surface area contributed by atoms with E-state index in [0.29, 0.717) is 0 Å². The van der Waals surface area contributed by atoms with Crippen molar-refractivity contribution in [3.63, 3.8) is 0 Å². The second-order valence-electron chi connectivity index (χ2n) is 3.14. The highest BCUT2D eigenvalue weighted by molar-refractivity contribution is 5.43. The van der Waals surface area contributed by atoms with Crippen LogP contribution in [0.25, 0.3) is 0 Å². The highest BCUT2D eigenvalue weighted by Crippen LogP contribution is 2.29. The molecule has 0 aliphatic heterocycles. The molecule has 4 nitrogen and oxygen atoms in total. The first-order valence-electron chi connectivity index (χ1n) is 9.16. The van der Waals surface area contributed by atoms with Crippen LogP contribution in [0.15, 0.2) is 18.2 Å². The van der Waals surface area contributed by atoms with Crippen molar-refractivity contribution in [3.05, 3.63) is 23.8 Å². The predicted octanol–water partition coefficient (Wildman–Crippen LogP) is 1.38. The van der Waals surface area contributed by atoms with Gasteiger partial charge in [-0.15, -0.1) is 0 Å². The summed E-state index contributed by atoms with van der Waals surface area (Å²) >= 11 is 0. The van der Waals surface area contributed by atoms with Crippen molar-refractivity contribution in [2.45, 2.75) is 25.2 Å². The van der Waals surface area contributed by atoms with Crippen LogP contribution >= 0.6 is 0 Å². The summed E-state index contributed by atoms with van der Waals surface area (Å²) in [4.78, 5) is 0. The van der Waals surface area contributed by atoms with Gasteiger partial charge in [0, 0.05) is 22.5 Å². The molecular weight excluding hydrogens is 220 g/mol. The second kappa shape index (κ2) is 5.89. The summed E-state index contributed by atoms with van der Waals surface area (Å²) in [6.45, 7) is -7.61. The summed E-state index contributed by atoms with van der Waals surface area (Å²) in [6.07, 6.45) is -7.28. The van der Waals surface area contributed by atoms with Crippen LogP contribution in [-0.2, 0) is 6.37 Å². The van der Waals surface area contributed by atoms with Gasteiger partial charge >= 0.3 is 0 Å². The van der Waals surface area contributed by atoms with E-state index in [1.165, 1.54) is 20.3 Å². The van der Waals surface area contributed by atoms with Gasteiger partial charge in [-0.1, -0.05) is 6.07 Å². The third-order valence-electron chi connectivity index (χ3n) is 1.95. The Labute approximate surface area is 114 Å². The van der Waals surface area contributed by atoms with E-state index in [-0.39, 0.29) is 11.5 Å². The molecule has 0 radical (unpaired) electrons. The fourth-order valence-electron chi connectivity index (χ4n) is 1.24. The first-order valence-corrected chi connectivity index (χ1v) is 4.66. The molecule has 0 aromatic heterocycles. The van der Waals surface area contributed by atoms with Crippen LogP contribution in [0.5, 0.6) is 11.5 Å². The quantitative estimate of drug-likeness (QED) is 0.799. The van der Waals surface area contributed by atoms with Gasteiger partial charge in [0.1, 0.15) is 0 Å². The molecule has 1 atom stereocenters. The second-order valence-corrected chi connectivity index (χ2v) is 3.14. The minimum atomic E-state index is -3.95. The number of benzene rings is 1. The average Bonchev–Trinajstić information content (AvgIpc) is 2.50. The van der Waals surface area contributed by atoms with Gasteiger partial charge in [-0.3, -0.25) is 0 Å². The molecular formula is C13H20O4. The van der Waals surface area contributed by atoms with E-state index in [2.05, 4.69) is 0 Å². The smallest absolute Gasteiger partial charge is 0.160 e. The van der Waals surface area contributed by atoms with Gasteiger partial charge in [-0.2, -0.15) is 0 Å². The maximum atomic E-state index is 10.7. The van der Waals surface area contributed by atoms with Crippen LogP contribution in [0.3, 0.4) is 0 Å². The summed E-state index contributed by atoms with van der Waals surface area (Å²) in [7, 11) is 2.54. The van der Waals surface area contributed by atoms with E-state index in [1.807, 2.05) is 0 Å². The molecule has 0 spiro atoms. The molecule has 0 aliphatic rings. The summed E-state index contributed by atoms with van der Waals surface area (Å²) in [5.41, 5.74) is -4.47. The lowest BCUT2D eigenvalue weighted by atomic mass is 9.93. The van der Waals surface area contributed by atoms with Gasteiger partial charge in [-0.25, -0.2) is 0 Å². The normalized spacial score (nSPS) is 25.3. The molecule has 0 saturated heterocycles. The zero-order valence-corrected chi connectivity index (χ0v) is 9.44. The number of ether oxygens (including phenoxy) is 2. The standard InChI is InChI=1S/C13H20O4/c1-13(15,6-7-14)9-10-4-5-11(16-2)12(8-10)17-3/h4-5,8,14-15H,6-7,9H2,1-3H3/i1D3,6D2,7D2,9D2. The Kier molecular flexibility index (Phi) is 1.94. The Hall–Kier alpha value is -1.26. The van der Waals surface area contributed by atoms with Crippen LogP contribution in [-0.4, -0.2) is 36.6 Å². The van der Waals surface area contributed by atoms with Crippen molar-refractivity contribution in [2.75, 3.05) is 20.8 Å². The van der Waals surface area contributed by atoms with Crippen LogP contribution < -0.4 is 9.47 Å². The van der Waals surface area contributed by atoms with Crippen molar-refractivity contribution in [1.29, 1.82) is 0 Å². The van der Waals surface area contributed by atoms with Gasteiger partial charge < -0.3 is 19.7 Å². The Bertz CT molecular complexity index is 654. The largest absolute Gasteiger partial charge is 0.493 e. The van der Waals surface area contributed by atoms with Gasteiger partial charge in [0.2, 0.25) is 0 Å². The predicted molar refractivity (Wildman–Crippen MR) is 65.6 cm³/mol. The highest BCUT2D eigenvalue weighted by Gasteiger charge is 2.20. The summed E-state index contributed by atoms with van der Waals surface area (Å²) in [6, 6.07) is 3.26. The van der Waals surface area contributed by atoms with Crippen molar-refractivity contribution in [1.82, 2.24) is 0 Å². The van der Waals surface area contributed by atoms with Crippen LogP contribution in [0.1, 0.15) is 31.1 Å². The molecule has 1 unspecified atom stereocenters.